The highest BCUT2D eigenvalue weighted by atomic mass is 16.5. The summed E-state index contributed by atoms with van der Waals surface area (Å²) in [5.74, 6) is -0.0657. The molecule has 0 spiro atoms. The van der Waals surface area contributed by atoms with Gasteiger partial charge in [-0.05, 0) is 83.5 Å². The number of hydrogen-bond acceptors (Lipinski definition) is 5. The molecule has 0 saturated heterocycles. The zero-order valence-corrected chi connectivity index (χ0v) is 44.9. The first-order chi connectivity index (χ1) is 33.0. The van der Waals surface area contributed by atoms with Crippen LogP contribution in [0.3, 0.4) is 0 Å². The zero-order valence-electron chi connectivity index (χ0n) is 44.9. The number of nitrogens with one attached hydrogen (secondary N) is 1. The largest absolute Gasteiger partial charge is 0.466 e. The molecule has 0 radical (unpaired) electrons. The topological polar surface area (TPSA) is 95.9 Å². The summed E-state index contributed by atoms with van der Waals surface area (Å²) in [6, 6.07) is -0.627. The minimum Gasteiger partial charge on any atom is -0.466 e. The number of amides is 1. The summed E-state index contributed by atoms with van der Waals surface area (Å²) in [6.45, 7) is 4.87. The van der Waals surface area contributed by atoms with Crippen LogP contribution in [0.1, 0.15) is 316 Å². The molecule has 0 fully saturated rings. The number of carbonyl (C=O) groups is 2. The van der Waals surface area contributed by atoms with Crippen molar-refractivity contribution in [2.24, 2.45) is 0 Å². The molecule has 67 heavy (non-hydrogen) atoms. The number of hydrogen-bond donors (Lipinski definition) is 3. The standard InChI is InChI=1S/C61H115NO5/c1-3-5-7-9-11-13-15-35-39-43-47-51-55-61(66)67-56-52-48-44-40-36-32-30-28-26-24-22-20-18-16-17-19-21-23-25-27-29-31-34-38-42-46-50-54-60(65)62-58(57-63)59(64)53-49-45-41-37-33-14-12-10-8-6-4-2/h11,13,16-17,49,53,58-59,63-64H,3-10,12,14-15,18-48,50-52,54-57H2,1-2H3,(H,62,65)/b13-11-,17-16-,53-49+. The van der Waals surface area contributed by atoms with Gasteiger partial charge in [0.15, 0.2) is 0 Å². The van der Waals surface area contributed by atoms with E-state index in [4.69, 9.17) is 4.74 Å². The van der Waals surface area contributed by atoms with Crippen LogP contribution in [0.15, 0.2) is 36.5 Å². The number of carbonyl (C=O) groups excluding carboxylic acids is 2. The van der Waals surface area contributed by atoms with E-state index in [0.29, 0.717) is 19.4 Å². The van der Waals surface area contributed by atoms with Crippen LogP contribution in [-0.2, 0) is 14.3 Å². The van der Waals surface area contributed by atoms with E-state index >= 15 is 0 Å². The Morgan fingerprint density at radius 2 is 0.701 bits per heavy atom. The van der Waals surface area contributed by atoms with Crippen LogP contribution in [0.2, 0.25) is 0 Å². The smallest absolute Gasteiger partial charge is 0.305 e. The van der Waals surface area contributed by atoms with E-state index < -0.39 is 12.1 Å². The van der Waals surface area contributed by atoms with E-state index in [1.807, 2.05) is 6.08 Å². The Balaban J connectivity index is 3.39. The predicted molar refractivity (Wildman–Crippen MR) is 292 cm³/mol. The van der Waals surface area contributed by atoms with E-state index in [0.717, 1.165) is 44.9 Å². The molecule has 2 atom stereocenters. The Hall–Kier alpha value is -1.92. The van der Waals surface area contributed by atoms with Gasteiger partial charge in [-0.1, -0.05) is 256 Å². The Morgan fingerprint density at radius 1 is 0.403 bits per heavy atom. The third-order valence-corrected chi connectivity index (χ3v) is 13.6. The number of allylic oxidation sites excluding steroid dienone is 5. The molecule has 394 valence electrons. The molecule has 0 aliphatic heterocycles. The summed E-state index contributed by atoms with van der Waals surface area (Å²) in [7, 11) is 0. The second-order valence-electron chi connectivity index (χ2n) is 20.3. The fourth-order valence-corrected chi connectivity index (χ4v) is 9.03. The van der Waals surface area contributed by atoms with Gasteiger partial charge in [-0.2, -0.15) is 0 Å². The normalized spacial score (nSPS) is 12.8. The maximum absolute atomic E-state index is 12.4. The van der Waals surface area contributed by atoms with E-state index in [1.165, 1.54) is 244 Å². The van der Waals surface area contributed by atoms with Gasteiger partial charge in [-0.3, -0.25) is 9.59 Å². The quantitative estimate of drug-likeness (QED) is 0.0321. The van der Waals surface area contributed by atoms with Crippen molar-refractivity contribution in [3.63, 3.8) is 0 Å². The van der Waals surface area contributed by atoms with Crippen molar-refractivity contribution in [3.05, 3.63) is 36.5 Å². The highest BCUT2D eigenvalue weighted by Crippen LogP contribution is 2.16. The average molecular weight is 943 g/mol. The lowest BCUT2D eigenvalue weighted by atomic mass is 10.0. The van der Waals surface area contributed by atoms with Crippen molar-refractivity contribution < 1.29 is 24.5 Å². The van der Waals surface area contributed by atoms with Crippen molar-refractivity contribution in [1.82, 2.24) is 5.32 Å². The number of rotatable bonds is 55. The summed E-state index contributed by atoms with van der Waals surface area (Å²) in [5, 5.41) is 23.0. The Bertz CT molecular complexity index is 1090. The van der Waals surface area contributed by atoms with Gasteiger partial charge in [-0.15, -0.1) is 0 Å². The van der Waals surface area contributed by atoms with Gasteiger partial charge in [-0.25, -0.2) is 0 Å². The Morgan fingerprint density at radius 3 is 1.09 bits per heavy atom. The van der Waals surface area contributed by atoms with Crippen molar-refractivity contribution in [2.75, 3.05) is 13.2 Å². The first kappa shape index (κ1) is 65.1. The van der Waals surface area contributed by atoms with Crippen LogP contribution >= 0.6 is 0 Å². The second-order valence-corrected chi connectivity index (χ2v) is 20.3. The molecule has 0 aliphatic rings. The number of ether oxygens (including phenoxy) is 1. The fraction of sp³-hybridized carbons (Fsp3) is 0.869. The Kier molecular flexibility index (Phi) is 55.0. The van der Waals surface area contributed by atoms with E-state index in [1.54, 1.807) is 6.08 Å². The molecule has 0 aliphatic carbocycles. The highest BCUT2D eigenvalue weighted by Gasteiger charge is 2.18. The zero-order chi connectivity index (χ0) is 48.6. The van der Waals surface area contributed by atoms with Gasteiger partial charge in [0, 0.05) is 12.8 Å². The lowest BCUT2D eigenvalue weighted by Gasteiger charge is -2.20. The molecule has 1 amide bonds. The molecule has 6 nitrogen and oxygen atoms in total. The third kappa shape index (κ3) is 53.3. The number of unbranched alkanes of at least 4 members (excludes halogenated alkanes) is 40. The van der Waals surface area contributed by atoms with Gasteiger partial charge < -0.3 is 20.3 Å². The first-order valence-corrected chi connectivity index (χ1v) is 29.8. The fourth-order valence-electron chi connectivity index (χ4n) is 9.03. The number of esters is 1. The van der Waals surface area contributed by atoms with Crippen LogP contribution in [-0.4, -0.2) is 47.4 Å². The maximum Gasteiger partial charge on any atom is 0.305 e. The molecule has 0 aromatic heterocycles. The van der Waals surface area contributed by atoms with Gasteiger partial charge in [0.05, 0.1) is 25.4 Å². The van der Waals surface area contributed by atoms with Crippen molar-refractivity contribution in [2.45, 2.75) is 328 Å². The van der Waals surface area contributed by atoms with E-state index in [-0.39, 0.29) is 18.5 Å². The van der Waals surface area contributed by atoms with Crippen LogP contribution in [0.4, 0.5) is 0 Å². The van der Waals surface area contributed by atoms with Gasteiger partial charge >= 0.3 is 5.97 Å². The molecule has 2 unspecified atom stereocenters. The first-order valence-electron chi connectivity index (χ1n) is 29.8. The number of aliphatic hydroxyl groups is 2. The molecule has 0 aromatic carbocycles. The summed E-state index contributed by atoms with van der Waals surface area (Å²) in [5.41, 5.74) is 0. The third-order valence-electron chi connectivity index (χ3n) is 13.6. The molecule has 0 saturated carbocycles. The molecule has 0 rings (SSSR count). The summed E-state index contributed by atoms with van der Waals surface area (Å²) < 4.78 is 5.46. The van der Waals surface area contributed by atoms with Crippen LogP contribution < -0.4 is 5.32 Å². The summed E-state index contributed by atoms with van der Waals surface area (Å²) >= 11 is 0. The second kappa shape index (κ2) is 56.7. The SMILES string of the molecule is CCCCC/C=C\CCCCCCCC(=O)OCCCCCCCCCCCCCC/C=C\CCCCCCCCCCCCCC(=O)NC(CO)C(O)/C=C/CCCCCCCCCCC. The molecular formula is C61H115NO5. The summed E-state index contributed by atoms with van der Waals surface area (Å²) in [4.78, 5) is 24.4. The van der Waals surface area contributed by atoms with Crippen molar-refractivity contribution in [3.8, 4) is 0 Å². The predicted octanol–water partition coefficient (Wildman–Crippen LogP) is 18.4. The van der Waals surface area contributed by atoms with Crippen molar-refractivity contribution in [1.29, 1.82) is 0 Å². The van der Waals surface area contributed by atoms with Crippen LogP contribution in [0.5, 0.6) is 0 Å². The lowest BCUT2D eigenvalue weighted by Crippen LogP contribution is -2.45. The molecule has 6 heteroatoms. The molecule has 3 N–H and O–H groups in total. The Labute approximate surface area is 417 Å². The van der Waals surface area contributed by atoms with Crippen LogP contribution in [0.25, 0.3) is 0 Å². The molecular weight excluding hydrogens is 827 g/mol. The lowest BCUT2D eigenvalue weighted by molar-refractivity contribution is -0.143. The molecule has 0 heterocycles. The molecule has 0 bridgehead atoms. The average Bonchev–Trinajstić information content (AvgIpc) is 3.33. The highest BCUT2D eigenvalue weighted by molar-refractivity contribution is 5.76. The van der Waals surface area contributed by atoms with Gasteiger partial charge in [0.1, 0.15) is 0 Å². The van der Waals surface area contributed by atoms with Crippen molar-refractivity contribution >= 4 is 11.9 Å². The molecule has 0 aromatic rings. The van der Waals surface area contributed by atoms with E-state index in [2.05, 4.69) is 43.5 Å². The minimum atomic E-state index is -0.843. The van der Waals surface area contributed by atoms with E-state index in [9.17, 15) is 19.8 Å². The monoisotopic (exact) mass is 942 g/mol. The maximum atomic E-state index is 12.4. The van der Waals surface area contributed by atoms with Crippen LogP contribution in [0, 0.1) is 0 Å². The van der Waals surface area contributed by atoms with Gasteiger partial charge in [0.2, 0.25) is 5.91 Å². The summed E-state index contributed by atoms with van der Waals surface area (Å²) in [6.07, 6.45) is 70.4. The minimum absolute atomic E-state index is 0.00424. The number of aliphatic hydroxyl groups excluding tert-OH is 2. The van der Waals surface area contributed by atoms with Gasteiger partial charge in [0.25, 0.3) is 0 Å².